The summed E-state index contributed by atoms with van der Waals surface area (Å²) in [6, 6.07) is 22.3. The first-order chi connectivity index (χ1) is 22.5. The Morgan fingerprint density at radius 3 is 2.36 bits per heavy atom. The summed E-state index contributed by atoms with van der Waals surface area (Å²) in [5.41, 5.74) is 3.86. The first-order valence-corrected chi connectivity index (χ1v) is 15.3. The Morgan fingerprint density at radius 2 is 1.68 bits per heavy atom. The quantitative estimate of drug-likeness (QED) is 0.202. The maximum Gasteiger partial charge on any atom is 0.573 e. The molecule has 1 aromatic heterocycles. The molecule has 6 rings (SSSR count). The minimum atomic E-state index is -4.76. The average Bonchev–Trinajstić information content (AvgIpc) is 3.36. The molecule has 0 aliphatic carbocycles. The number of carbonyl (C=O) groups excluding carboxylic acids is 2. The highest BCUT2D eigenvalue weighted by atomic mass is 19.4. The molecule has 2 fully saturated rings. The molecule has 12 heteroatoms. The van der Waals surface area contributed by atoms with Crippen molar-refractivity contribution in [3.8, 4) is 5.75 Å². The van der Waals surface area contributed by atoms with Crippen LogP contribution in [0.3, 0.4) is 0 Å². The van der Waals surface area contributed by atoms with Crippen LogP contribution in [-0.2, 0) is 27.2 Å². The van der Waals surface area contributed by atoms with Crippen LogP contribution in [0.25, 0.3) is 0 Å². The molecule has 1 spiro atoms. The van der Waals surface area contributed by atoms with Crippen molar-refractivity contribution in [3.63, 3.8) is 0 Å². The minimum Gasteiger partial charge on any atom is -0.406 e. The molecule has 0 bridgehead atoms. The molecule has 3 heterocycles. The number of rotatable bonds is 10. The summed E-state index contributed by atoms with van der Waals surface area (Å²) >= 11 is 0. The van der Waals surface area contributed by atoms with Gasteiger partial charge in [0.25, 0.3) is 0 Å². The topological polar surface area (TPSA) is 96.9 Å². The molecule has 0 unspecified atom stereocenters. The van der Waals surface area contributed by atoms with Gasteiger partial charge < -0.3 is 24.6 Å². The number of ether oxygens (including phenoxy) is 2. The molecule has 0 saturated carbocycles. The second kappa shape index (κ2) is 13.4. The molecule has 9 nitrogen and oxygen atoms in total. The molecule has 1 N–H and O–H groups in total. The number of nitrogens with zero attached hydrogens (tertiary/aromatic N) is 4. The van der Waals surface area contributed by atoms with E-state index >= 15 is 0 Å². The predicted octanol–water partition coefficient (Wildman–Crippen LogP) is 6.77. The number of ketones is 1. The van der Waals surface area contributed by atoms with Gasteiger partial charge >= 0.3 is 6.36 Å². The van der Waals surface area contributed by atoms with E-state index in [1.165, 1.54) is 24.3 Å². The molecule has 0 atom stereocenters. The number of nitrogens with one attached hydrogen (secondary N) is 1. The van der Waals surface area contributed by atoms with Gasteiger partial charge in [-0.25, -0.2) is 4.98 Å². The fraction of sp³-hybridized carbons (Fsp3) is 0.314. The fourth-order valence-electron chi connectivity index (χ4n) is 6.04. The van der Waals surface area contributed by atoms with Crippen molar-refractivity contribution in [1.29, 1.82) is 0 Å². The molecule has 2 aliphatic rings. The lowest BCUT2D eigenvalue weighted by Gasteiger charge is -2.32. The molecule has 4 aromatic rings. The minimum absolute atomic E-state index is 0.0115. The number of aromatic nitrogens is 2. The fourth-order valence-corrected chi connectivity index (χ4v) is 6.04. The first kappa shape index (κ1) is 32.0. The van der Waals surface area contributed by atoms with Crippen molar-refractivity contribution in [2.75, 3.05) is 41.9 Å². The van der Waals surface area contributed by atoms with Crippen molar-refractivity contribution in [3.05, 3.63) is 96.2 Å². The van der Waals surface area contributed by atoms with Crippen LogP contribution < -0.4 is 19.9 Å². The molecular formula is C35H34F3N5O4. The van der Waals surface area contributed by atoms with E-state index in [9.17, 15) is 22.8 Å². The molecule has 3 aromatic carbocycles. The third-order valence-corrected chi connectivity index (χ3v) is 8.56. The Labute approximate surface area is 270 Å². The highest BCUT2D eigenvalue weighted by Crippen LogP contribution is 2.42. The Balaban J connectivity index is 1.05. The van der Waals surface area contributed by atoms with Gasteiger partial charge in [-0.3, -0.25) is 9.59 Å². The van der Waals surface area contributed by atoms with Gasteiger partial charge in [0.15, 0.2) is 0 Å². The van der Waals surface area contributed by atoms with E-state index in [-0.39, 0.29) is 35.7 Å². The number of anilines is 5. The van der Waals surface area contributed by atoms with Crippen LogP contribution in [0.4, 0.5) is 42.0 Å². The van der Waals surface area contributed by atoms with Crippen LogP contribution in [0.2, 0.25) is 0 Å². The number of Topliss-reactive ketones (excluding diaryl/α,β-unsaturated/α-hetero) is 1. The average molecular weight is 646 g/mol. The van der Waals surface area contributed by atoms with Gasteiger partial charge in [-0.2, -0.15) is 4.98 Å². The summed E-state index contributed by atoms with van der Waals surface area (Å²) in [6.07, 6.45) is -0.478. The van der Waals surface area contributed by atoms with E-state index in [1.807, 2.05) is 65.4 Å². The van der Waals surface area contributed by atoms with Crippen molar-refractivity contribution in [2.45, 2.75) is 38.5 Å². The van der Waals surface area contributed by atoms with Crippen LogP contribution in [0.15, 0.2) is 85.1 Å². The maximum atomic E-state index is 13.0. The zero-order valence-corrected chi connectivity index (χ0v) is 25.8. The summed E-state index contributed by atoms with van der Waals surface area (Å²) in [4.78, 5) is 38.4. The number of halogens is 3. The van der Waals surface area contributed by atoms with Gasteiger partial charge in [0.1, 0.15) is 17.4 Å². The van der Waals surface area contributed by atoms with Gasteiger partial charge in [-0.1, -0.05) is 30.3 Å². The second-order valence-corrected chi connectivity index (χ2v) is 12.0. The smallest absolute Gasteiger partial charge is 0.406 e. The van der Waals surface area contributed by atoms with Crippen LogP contribution >= 0.6 is 0 Å². The summed E-state index contributed by atoms with van der Waals surface area (Å²) in [5, 5.41) is 3.26. The lowest BCUT2D eigenvalue weighted by molar-refractivity contribution is -0.274. The van der Waals surface area contributed by atoms with E-state index in [4.69, 9.17) is 4.74 Å². The van der Waals surface area contributed by atoms with Crippen molar-refractivity contribution >= 4 is 40.5 Å². The number of alkyl halides is 3. The van der Waals surface area contributed by atoms with Crippen LogP contribution in [0.1, 0.15) is 30.4 Å². The van der Waals surface area contributed by atoms with Crippen LogP contribution in [-0.4, -0.2) is 54.8 Å². The van der Waals surface area contributed by atoms with Gasteiger partial charge in [0, 0.05) is 74.7 Å². The molecule has 1 amide bonds. The Bertz CT molecular complexity index is 1720. The predicted molar refractivity (Wildman–Crippen MR) is 171 cm³/mol. The molecule has 0 radical (unpaired) electrons. The highest BCUT2D eigenvalue weighted by Gasteiger charge is 2.44. The normalized spacial score (nSPS) is 15.9. The highest BCUT2D eigenvalue weighted by molar-refractivity contribution is 5.97. The van der Waals surface area contributed by atoms with Crippen molar-refractivity contribution in [2.24, 2.45) is 5.41 Å². The standard InChI is InChI=1S/C35H34F3N5O4/c1-42(27-9-5-24(6-10-27)19-29(44)20-25-7-11-30(12-8-25)47-35(36,37)38)31-13-16-39-33(41-31)40-26-3-2-4-28(21-26)43-23-34(22-32(43)45)14-17-46-18-15-34/h2-13,16,21H,14-15,17-20,22-23H2,1H3,(H,39,40,41). The van der Waals surface area contributed by atoms with Gasteiger partial charge in [0.05, 0.1) is 0 Å². The van der Waals surface area contributed by atoms with Gasteiger partial charge in [-0.15, -0.1) is 13.2 Å². The zero-order chi connectivity index (χ0) is 33.0. The Kier molecular flexibility index (Phi) is 9.12. The first-order valence-electron chi connectivity index (χ1n) is 15.3. The van der Waals surface area contributed by atoms with E-state index < -0.39 is 6.36 Å². The molecular weight excluding hydrogens is 611 g/mol. The van der Waals surface area contributed by atoms with Gasteiger partial charge in [-0.05, 0) is 72.5 Å². The summed E-state index contributed by atoms with van der Waals surface area (Å²) in [5.74, 6) is 0.793. The number of amides is 1. The molecule has 2 aliphatic heterocycles. The number of hydrogen-bond acceptors (Lipinski definition) is 8. The monoisotopic (exact) mass is 645 g/mol. The molecule has 244 valence electrons. The van der Waals surface area contributed by atoms with Crippen molar-refractivity contribution in [1.82, 2.24) is 9.97 Å². The Hall–Kier alpha value is -4.97. The number of hydrogen-bond donors (Lipinski definition) is 1. The summed E-state index contributed by atoms with van der Waals surface area (Å²) < 4.78 is 46.5. The van der Waals surface area contributed by atoms with Crippen LogP contribution in [0, 0.1) is 5.41 Å². The summed E-state index contributed by atoms with van der Waals surface area (Å²) in [7, 11) is 1.88. The summed E-state index contributed by atoms with van der Waals surface area (Å²) in [6.45, 7) is 2.09. The molecule has 47 heavy (non-hydrogen) atoms. The van der Waals surface area contributed by atoms with Crippen LogP contribution in [0.5, 0.6) is 5.75 Å². The van der Waals surface area contributed by atoms with Crippen molar-refractivity contribution < 1.29 is 32.2 Å². The van der Waals surface area contributed by atoms with E-state index in [2.05, 4.69) is 20.0 Å². The lowest BCUT2D eigenvalue weighted by Crippen LogP contribution is -2.33. The number of benzene rings is 3. The zero-order valence-electron chi connectivity index (χ0n) is 25.8. The Morgan fingerprint density at radius 1 is 1.00 bits per heavy atom. The van der Waals surface area contributed by atoms with Gasteiger partial charge in [0.2, 0.25) is 11.9 Å². The number of carbonyl (C=O) groups is 2. The SMILES string of the molecule is CN(c1ccc(CC(=O)Cc2ccc(OC(F)(F)F)cc2)cc1)c1ccnc(Nc2cccc(N3CC4(CCOCC4)CC3=O)c2)n1. The largest absolute Gasteiger partial charge is 0.573 e. The molecule has 2 saturated heterocycles. The third kappa shape index (κ3) is 8.07. The second-order valence-electron chi connectivity index (χ2n) is 12.0. The van der Waals surface area contributed by atoms with E-state index in [1.54, 1.807) is 12.3 Å². The third-order valence-electron chi connectivity index (χ3n) is 8.56. The van der Waals surface area contributed by atoms with E-state index in [0.29, 0.717) is 43.5 Å². The van der Waals surface area contributed by atoms with E-state index in [0.717, 1.165) is 35.5 Å². The maximum absolute atomic E-state index is 13.0. The lowest BCUT2D eigenvalue weighted by atomic mass is 9.79.